The van der Waals surface area contributed by atoms with Crippen molar-refractivity contribution in [3.05, 3.63) is 0 Å². The molecule has 3 nitrogen and oxygen atoms in total. The van der Waals surface area contributed by atoms with Crippen LogP contribution in [0.1, 0.15) is 65.2 Å². The summed E-state index contributed by atoms with van der Waals surface area (Å²) in [6.45, 7) is 11.2. The van der Waals surface area contributed by atoms with E-state index < -0.39 is 0 Å². The highest BCUT2D eigenvalue weighted by Crippen LogP contribution is 2.22. The molecule has 0 aromatic rings. The highest BCUT2D eigenvalue weighted by atomic mass is 15.2. The van der Waals surface area contributed by atoms with E-state index in [2.05, 4.69) is 23.6 Å². The number of nitrogens with zero attached hydrogens (tertiary/aromatic N) is 2. The van der Waals surface area contributed by atoms with Crippen molar-refractivity contribution >= 4 is 0 Å². The molecule has 2 rings (SSSR count). The van der Waals surface area contributed by atoms with Crippen LogP contribution < -0.4 is 5.73 Å². The molecule has 3 heteroatoms. The highest BCUT2D eigenvalue weighted by Gasteiger charge is 2.25. The quantitative estimate of drug-likeness (QED) is 0.783. The smallest absolute Gasteiger partial charge is 0.0120 e. The van der Waals surface area contributed by atoms with E-state index >= 15 is 0 Å². The number of hydrogen-bond donors (Lipinski definition) is 1. The lowest BCUT2D eigenvalue weighted by Gasteiger charge is -2.40. The van der Waals surface area contributed by atoms with Crippen LogP contribution in [0.3, 0.4) is 0 Å². The molecule has 0 bridgehead atoms. The van der Waals surface area contributed by atoms with Crippen LogP contribution in [0.15, 0.2) is 0 Å². The molecule has 2 saturated heterocycles. The second kappa shape index (κ2) is 9.12. The van der Waals surface area contributed by atoms with E-state index in [0.29, 0.717) is 6.04 Å². The Morgan fingerprint density at radius 1 is 0.952 bits per heavy atom. The van der Waals surface area contributed by atoms with E-state index in [1.165, 1.54) is 84.1 Å². The van der Waals surface area contributed by atoms with Crippen LogP contribution in [0.2, 0.25) is 0 Å². The lowest BCUT2D eigenvalue weighted by atomic mass is 9.97. The molecule has 0 saturated carbocycles. The second-order valence-corrected chi connectivity index (χ2v) is 7.64. The molecule has 0 aromatic heterocycles. The van der Waals surface area contributed by atoms with Gasteiger partial charge in [0.15, 0.2) is 0 Å². The van der Waals surface area contributed by atoms with Gasteiger partial charge in [0.1, 0.15) is 0 Å². The fourth-order valence-corrected chi connectivity index (χ4v) is 4.07. The molecular formula is C18H37N3. The molecule has 21 heavy (non-hydrogen) atoms. The van der Waals surface area contributed by atoms with Gasteiger partial charge in [0, 0.05) is 18.6 Å². The molecule has 124 valence electrons. The molecule has 0 amide bonds. The largest absolute Gasteiger partial charge is 0.328 e. The Hall–Kier alpha value is -0.120. The van der Waals surface area contributed by atoms with Crippen molar-refractivity contribution in [1.82, 2.24) is 9.80 Å². The van der Waals surface area contributed by atoms with Crippen molar-refractivity contribution in [3.63, 3.8) is 0 Å². The number of rotatable bonds is 7. The first kappa shape index (κ1) is 17.2. The van der Waals surface area contributed by atoms with Gasteiger partial charge in [0.25, 0.3) is 0 Å². The van der Waals surface area contributed by atoms with Crippen molar-refractivity contribution < 1.29 is 0 Å². The SMILES string of the molecule is CC(N)CCCC(C)CN1CCC(N2CCCCC2)CC1. The fourth-order valence-electron chi connectivity index (χ4n) is 4.07. The van der Waals surface area contributed by atoms with Gasteiger partial charge >= 0.3 is 0 Å². The van der Waals surface area contributed by atoms with E-state index in [0.717, 1.165) is 12.0 Å². The third kappa shape index (κ3) is 6.25. The van der Waals surface area contributed by atoms with E-state index in [9.17, 15) is 0 Å². The monoisotopic (exact) mass is 295 g/mol. The van der Waals surface area contributed by atoms with Gasteiger partial charge in [0.05, 0.1) is 0 Å². The highest BCUT2D eigenvalue weighted by molar-refractivity contribution is 4.82. The first-order chi connectivity index (χ1) is 10.1. The predicted molar refractivity (Wildman–Crippen MR) is 91.6 cm³/mol. The Balaban J connectivity index is 1.59. The van der Waals surface area contributed by atoms with Gasteiger partial charge in [-0.2, -0.15) is 0 Å². The maximum absolute atomic E-state index is 5.83. The summed E-state index contributed by atoms with van der Waals surface area (Å²) in [5, 5.41) is 0. The normalized spacial score (nSPS) is 25.9. The van der Waals surface area contributed by atoms with Crippen LogP contribution in [-0.4, -0.2) is 54.6 Å². The fraction of sp³-hybridized carbons (Fsp3) is 1.00. The maximum atomic E-state index is 5.83. The molecule has 2 aliphatic heterocycles. The molecule has 2 aliphatic rings. The summed E-state index contributed by atoms with van der Waals surface area (Å²) in [6.07, 6.45) is 10.9. The van der Waals surface area contributed by atoms with Gasteiger partial charge in [-0.05, 0) is 77.5 Å². The summed E-state index contributed by atoms with van der Waals surface area (Å²) in [5.74, 6) is 0.829. The predicted octanol–water partition coefficient (Wildman–Crippen LogP) is 3.09. The third-order valence-electron chi connectivity index (χ3n) is 5.39. The van der Waals surface area contributed by atoms with Crippen LogP contribution in [0.25, 0.3) is 0 Å². The van der Waals surface area contributed by atoms with Crippen LogP contribution in [0.5, 0.6) is 0 Å². The Kier molecular flexibility index (Phi) is 7.48. The number of hydrogen-bond acceptors (Lipinski definition) is 3. The van der Waals surface area contributed by atoms with E-state index in [4.69, 9.17) is 5.73 Å². The van der Waals surface area contributed by atoms with Gasteiger partial charge in [0.2, 0.25) is 0 Å². The second-order valence-electron chi connectivity index (χ2n) is 7.64. The van der Waals surface area contributed by atoms with Crippen LogP contribution >= 0.6 is 0 Å². The summed E-state index contributed by atoms with van der Waals surface area (Å²) in [4.78, 5) is 5.48. The summed E-state index contributed by atoms with van der Waals surface area (Å²) < 4.78 is 0. The molecule has 0 aromatic carbocycles. The van der Waals surface area contributed by atoms with E-state index in [-0.39, 0.29) is 0 Å². The van der Waals surface area contributed by atoms with E-state index in [1.54, 1.807) is 0 Å². The summed E-state index contributed by atoms with van der Waals surface area (Å²) in [7, 11) is 0. The Labute approximate surface area is 132 Å². The van der Waals surface area contributed by atoms with E-state index in [1.807, 2.05) is 0 Å². The molecule has 2 N–H and O–H groups in total. The number of piperidine rings is 2. The zero-order valence-electron chi connectivity index (χ0n) is 14.4. The molecule has 2 unspecified atom stereocenters. The van der Waals surface area contributed by atoms with Crippen molar-refractivity contribution in [3.8, 4) is 0 Å². The van der Waals surface area contributed by atoms with Crippen molar-refractivity contribution in [2.75, 3.05) is 32.7 Å². The van der Waals surface area contributed by atoms with Crippen molar-refractivity contribution in [2.45, 2.75) is 77.3 Å². The van der Waals surface area contributed by atoms with Gasteiger partial charge < -0.3 is 15.5 Å². The molecule has 2 fully saturated rings. The average molecular weight is 296 g/mol. The standard InChI is InChI=1S/C18H37N3/c1-16(7-6-8-17(2)19)15-20-13-9-18(10-14-20)21-11-4-3-5-12-21/h16-18H,3-15,19H2,1-2H3. The van der Waals surface area contributed by atoms with Crippen LogP contribution in [0.4, 0.5) is 0 Å². The first-order valence-corrected chi connectivity index (χ1v) is 9.37. The zero-order chi connectivity index (χ0) is 15.1. The molecule has 0 spiro atoms. The minimum absolute atomic E-state index is 0.373. The third-order valence-corrected chi connectivity index (χ3v) is 5.39. The molecular weight excluding hydrogens is 258 g/mol. The topological polar surface area (TPSA) is 32.5 Å². The lowest BCUT2D eigenvalue weighted by Crippen LogP contribution is -2.47. The Morgan fingerprint density at radius 3 is 2.24 bits per heavy atom. The van der Waals surface area contributed by atoms with Gasteiger partial charge in [-0.25, -0.2) is 0 Å². The average Bonchev–Trinajstić information content (AvgIpc) is 2.48. The summed E-state index contributed by atoms with van der Waals surface area (Å²) in [6, 6.07) is 1.26. The Morgan fingerprint density at radius 2 is 1.62 bits per heavy atom. The van der Waals surface area contributed by atoms with Crippen molar-refractivity contribution in [1.29, 1.82) is 0 Å². The van der Waals surface area contributed by atoms with Gasteiger partial charge in [-0.1, -0.05) is 19.8 Å². The van der Waals surface area contributed by atoms with Crippen molar-refractivity contribution in [2.24, 2.45) is 11.7 Å². The lowest BCUT2D eigenvalue weighted by molar-refractivity contribution is 0.0856. The number of nitrogens with two attached hydrogens (primary N) is 1. The first-order valence-electron chi connectivity index (χ1n) is 9.37. The van der Waals surface area contributed by atoms with Gasteiger partial charge in [-0.15, -0.1) is 0 Å². The maximum Gasteiger partial charge on any atom is 0.0120 e. The number of likely N-dealkylation sites (tertiary alicyclic amines) is 2. The van der Waals surface area contributed by atoms with Crippen LogP contribution in [-0.2, 0) is 0 Å². The molecule has 0 radical (unpaired) electrons. The zero-order valence-corrected chi connectivity index (χ0v) is 14.4. The molecule has 0 aliphatic carbocycles. The molecule has 2 atom stereocenters. The summed E-state index contributed by atoms with van der Waals surface area (Å²) >= 11 is 0. The molecule has 2 heterocycles. The minimum Gasteiger partial charge on any atom is -0.328 e. The van der Waals surface area contributed by atoms with Crippen LogP contribution in [0, 0.1) is 5.92 Å². The summed E-state index contributed by atoms with van der Waals surface area (Å²) in [5.41, 5.74) is 5.83. The Bertz CT molecular complexity index is 266. The minimum atomic E-state index is 0.373. The van der Waals surface area contributed by atoms with Gasteiger partial charge in [-0.3, -0.25) is 0 Å².